The van der Waals surface area contributed by atoms with Gasteiger partial charge in [-0.3, -0.25) is 9.97 Å². The average Bonchev–Trinajstić information content (AvgIpc) is 3.87. The Morgan fingerprint density at radius 2 is 1.11 bits per heavy atom. The molecule has 7 aromatic carbocycles. The Kier molecular flexibility index (Phi) is 10.7. The van der Waals surface area contributed by atoms with Gasteiger partial charge in [0.15, 0.2) is 5.58 Å². The molecule has 1 N–H and O–H groups in total. The number of fused-ring (bicyclic) bond motifs is 6. The SMILES string of the molecule is CC(C)(C)c1cc(-c2cc(-c3[c-]c(-c4cc(-c5cccc6c7ccccc7n(-c7cccc8c7oc7ccccc78)c56)ccn4)ccc3)nc(-c3ccccc3O)c2)cc(C(C)(C)C)c1.[Pt]. The number of rotatable bonds is 6. The molecule has 0 aliphatic heterocycles. The second kappa shape index (κ2) is 16.4. The van der Waals surface area contributed by atoms with Crippen LogP contribution in [0.25, 0.3) is 105 Å². The van der Waals surface area contributed by atoms with Gasteiger partial charge < -0.3 is 14.1 Å². The zero-order valence-corrected chi connectivity index (χ0v) is 40.0. The van der Waals surface area contributed by atoms with Crippen molar-refractivity contribution in [1.29, 1.82) is 0 Å². The first-order valence-electron chi connectivity index (χ1n) is 22.3. The third-order valence-corrected chi connectivity index (χ3v) is 12.7. The quantitative estimate of drug-likeness (QED) is 0.169. The zero-order valence-electron chi connectivity index (χ0n) is 37.8. The molecular formula is C60H48N3O2Pt-. The molecule has 0 aliphatic rings. The fourth-order valence-corrected chi connectivity index (χ4v) is 9.25. The molecule has 0 bridgehead atoms. The van der Waals surface area contributed by atoms with Gasteiger partial charge in [0.25, 0.3) is 0 Å². The van der Waals surface area contributed by atoms with Crippen LogP contribution in [0.2, 0.25) is 0 Å². The average molecular weight is 1040 g/mol. The molecule has 0 aliphatic carbocycles. The summed E-state index contributed by atoms with van der Waals surface area (Å²) in [5, 5.41) is 15.6. The van der Waals surface area contributed by atoms with E-state index < -0.39 is 0 Å². The molecule has 0 saturated heterocycles. The Hall–Kier alpha value is -7.07. The van der Waals surface area contributed by atoms with E-state index >= 15 is 0 Å². The van der Waals surface area contributed by atoms with Gasteiger partial charge in [0.1, 0.15) is 11.3 Å². The summed E-state index contributed by atoms with van der Waals surface area (Å²) in [6, 6.07) is 62.6. The molecule has 326 valence electrons. The van der Waals surface area contributed by atoms with Gasteiger partial charge in [0.2, 0.25) is 0 Å². The number of nitrogens with zero attached hydrogens (tertiary/aromatic N) is 3. The van der Waals surface area contributed by atoms with Crippen LogP contribution < -0.4 is 0 Å². The van der Waals surface area contributed by atoms with Crippen LogP contribution in [0.4, 0.5) is 0 Å². The molecule has 0 spiro atoms. The van der Waals surface area contributed by atoms with Crippen LogP contribution in [-0.4, -0.2) is 19.6 Å². The summed E-state index contributed by atoms with van der Waals surface area (Å²) >= 11 is 0. The van der Waals surface area contributed by atoms with Gasteiger partial charge >= 0.3 is 0 Å². The maximum absolute atomic E-state index is 11.1. The predicted molar refractivity (Wildman–Crippen MR) is 269 cm³/mol. The van der Waals surface area contributed by atoms with Crippen LogP contribution in [0.5, 0.6) is 5.75 Å². The summed E-state index contributed by atoms with van der Waals surface area (Å²) in [7, 11) is 0. The molecule has 0 amide bonds. The molecule has 0 fully saturated rings. The van der Waals surface area contributed by atoms with E-state index in [2.05, 4.69) is 180 Å². The van der Waals surface area contributed by atoms with Crippen molar-refractivity contribution < 1.29 is 30.6 Å². The second-order valence-corrected chi connectivity index (χ2v) is 19.2. The molecule has 6 heteroatoms. The smallest absolute Gasteiger partial charge is 0.159 e. The molecule has 11 aromatic rings. The van der Waals surface area contributed by atoms with Gasteiger partial charge in [0, 0.05) is 71.3 Å². The summed E-state index contributed by atoms with van der Waals surface area (Å²) in [6.07, 6.45) is 1.89. The summed E-state index contributed by atoms with van der Waals surface area (Å²) < 4.78 is 8.99. The fourth-order valence-electron chi connectivity index (χ4n) is 9.25. The summed E-state index contributed by atoms with van der Waals surface area (Å²) in [4.78, 5) is 10.1. The van der Waals surface area contributed by atoms with Crippen LogP contribution in [0.15, 0.2) is 180 Å². The minimum Gasteiger partial charge on any atom is -0.507 e. The van der Waals surface area contributed by atoms with E-state index in [0.29, 0.717) is 11.3 Å². The maximum Gasteiger partial charge on any atom is 0.159 e. The van der Waals surface area contributed by atoms with Gasteiger partial charge in [-0.2, -0.15) is 0 Å². The normalized spacial score (nSPS) is 12.0. The molecule has 0 radical (unpaired) electrons. The van der Waals surface area contributed by atoms with Crippen molar-refractivity contribution in [3.63, 3.8) is 0 Å². The molecule has 0 atom stereocenters. The van der Waals surface area contributed by atoms with Crippen LogP contribution in [0.3, 0.4) is 0 Å². The Labute approximate surface area is 399 Å². The number of para-hydroxylation sites is 5. The van der Waals surface area contributed by atoms with Crippen molar-refractivity contribution in [2.45, 2.75) is 52.4 Å². The number of phenols is 1. The number of aromatic nitrogens is 3. The summed E-state index contributed by atoms with van der Waals surface area (Å²) in [6.45, 7) is 13.6. The van der Waals surface area contributed by atoms with Gasteiger partial charge in [-0.15, -0.1) is 24.3 Å². The van der Waals surface area contributed by atoms with E-state index in [9.17, 15) is 5.11 Å². The van der Waals surface area contributed by atoms with Crippen LogP contribution in [0, 0.1) is 6.07 Å². The van der Waals surface area contributed by atoms with Crippen molar-refractivity contribution in [3.05, 3.63) is 193 Å². The van der Waals surface area contributed by atoms with Crippen LogP contribution in [-0.2, 0) is 31.9 Å². The summed E-state index contributed by atoms with van der Waals surface area (Å²) in [5.74, 6) is 0.184. The molecule has 66 heavy (non-hydrogen) atoms. The van der Waals surface area contributed by atoms with Crippen molar-refractivity contribution >= 4 is 43.7 Å². The topological polar surface area (TPSA) is 64.1 Å². The number of phenolic OH excluding ortho intramolecular Hbond substituents is 1. The maximum atomic E-state index is 11.1. The molecule has 4 heterocycles. The first-order chi connectivity index (χ1) is 31.4. The monoisotopic (exact) mass is 1040 g/mol. The van der Waals surface area contributed by atoms with Gasteiger partial charge in [-0.25, -0.2) is 0 Å². The van der Waals surface area contributed by atoms with E-state index in [1.165, 1.54) is 16.5 Å². The van der Waals surface area contributed by atoms with Crippen molar-refractivity contribution in [2.24, 2.45) is 0 Å². The number of aromatic hydroxyl groups is 1. The molecular weight excluding hydrogens is 990 g/mol. The first-order valence-corrected chi connectivity index (χ1v) is 22.3. The molecule has 4 aromatic heterocycles. The van der Waals surface area contributed by atoms with Crippen molar-refractivity contribution in [1.82, 2.24) is 14.5 Å². The van der Waals surface area contributed by atoms with E-state index in [1.807, 2.05) is 42.6 Å². The van der Waals surface area contributed by atoms with E-state index in [4.69, 9.17) is 14.4 Å². The molecule has 0 saturated carbocycles. The molecule has 5 nitrogen and oxygen atoms in total. The standard InChI is InChI=1S/C60H48N3O2.Pt/c1-59(2,3)42-31-40(32-43(36-42)60(4,5)6)41-34-51(62-52(35-41)49-20-8-11-26-55(49)64)39-17-13-16-38(30-39)50-33-37(28-29-61-50)44-21-14-22-47-45-18-7-10-24-53(45)63(57(44)47)54-25-15-23-48-46-19-9-12-27-56(46)65-58(48)54;/h7-29,31-36,64H,1-6H3;/q-1;. The van der Waals surface area contributed by atoms with Crippen molar-refractivity contribution in [3.8, 4) is 67.5 Å². The van der Waals surface area contributed by atoms with E-state index in [-0.39, 0.29) is 37.6 Å². The zero-order chi connectivity index (χ0) is 44.6. The largest absolute Gasteiger partial charge is 0.507 e. The number of benzene rings is 7. The second-order valence-electron chi connectivity index (χ2n) is 19.2. The number of hydrogen-bond donors (Lipinski definition) is 1. The van der Waals surface area contributed by atoms with Crippen LogP contribution >= 0.6 is 0 Å². The van der Waals surface area contributed by atoms with E-state index in [1.54, 1.807) is 6.07 Å². The van der Waals surface area contributed by atoms with Crippen molar-refractivity contribution in [2.75, 3.05) is 0 Å². The van der Waals surface area contributed by atoms with Gasteiger partial charge in [0.05, 0.1) is 22.4 Å². The van der Waals surface area contributed by atoms with Gasteiger partial charge in [-0.1, -0.05) is 162 Å². The Bertz CT molecular complexity index is 3630. The van der Waals surface area contributed by atoms with E-state index in [0.717, 1.165) is 88.8 Å². The third-order valence-electron chi connectivity index (χ3n) is 12.7. The van der Waals surface area contributed by atoms with Crippen LogP contribution in [0.1, 0.15) is 52.7 Å². The minimum absolute atomic E-state index is 0. The predicted octanol–water partition coefficient (Wildman–Crippen LogP) is 15.9. The Balaban J connectivity index is 0.00000511. The molecule has 11 rings (SSSR count). The number of pyridine rings is 2. The molecule has 0 unspecified atom stereocenters. The fraction of sp³-hybridized carbons (Fsp3) is 0.133. The number of furan rings is 1. The summed E-state index contributed by atoms with van der Waals surface area (Å²) in [5.41, 5.74) is 16.2. The Morgan fingerprint density at radius 1 is 0.515 bits per heavy atom. The number of hydrogen-bond acceptors (Lipinski definition) is 4. The Morgan fingerprint density at radius 3 is 1.88 bits per heavy atom. The first kappa shape index (κ1) is 42.9. The minimum atomic E-state index is -0.0548. The van der Waals surface area contributed by atoms with Gasteiger partial charge in [-0.05, 0) is 81.1 Å². The third kappa shape index (κ3) is 7.52.